The van der Waals surface area contributed by atoms with Crippen LogP contribution in [0.2, 0.25) is 0 Å². The molecule has 0 radical (unpaired) electrons. The van der Waals surface area contributed by atoms with Crippen LogP contribution in [0.5, 0.6) is 0 Å². The average molecular weight is 1790 g/mol. The van der Waals surface area contributed by atoms with Gasteiger partial charge in [0.05, 0.1) is 342 Å². The van der Waals surface area contributed by atoms with Crippen LogP contribution in [0, 0.1) is 47.3 Å². The van der Waals surface area contributed by atoms with Crippen molar-refractivity contribution in [2.75, 3.05) is 352 Å². The summed E-state index contributed by atoms with van der Waals surface area (Å²) in [5.41, 5.74) is -0.983. The molecule has 3 aliphatic rings. The summed E-state index contributed by atoms with van der Waals surface area (Å²) in [6.07, 6.45) is 12.8. The fourth-order valence-electron chi connectivity index (χ4n) is 11.8. The number of hydrogen-bond acceptors (Lipinski definition) is 36. The van der Waals surface area contributed by atoms with Crippen LogP contribution in [0.1, 0.15) is 67.2 Å². The number of hydrogen-bond donors (Lipinski definition) is 1. The average Bonchev–Trinajstić information content (AvgIpc) is 1.66. The lowest BCUT2D eigenvalue weighted by Gasteiger charge is -2.24. The maximum atomic E-state index is 13.2. The van der Waals surface area contributed by atoms with Crippen molar-refractivity contribution in [1.82, 2.24) is 5.32 Å². The van der Waals surface area contributed by atoms with Crippen molar-refractivity contribution in [3.05, 3.63) is 49.6 Å². The second kappa shape index (κ2) is 83.2. The number of fused-ring (bicyclic) bond motifs is 2. The van der Waals surface area contributed by atoms with E-state index in [4.69, 9.17) is 142 Å². The van der Waals surface area contributed by atoms with E-state index in [0.29, 0.717) is 310 Å². The normalized spacial score (nSPS) is 17.7. The molecule has 1 N–H and O–H groups in total. The molecule has 8 atom stereocenters. The SMILES string of the molecule is C=CC1CC(/C=C/CNC(=O)OC(C)(C)C)C(C(=O)OCCOCCOCCOCCOCCOCCOCCOCCOCCOCCOCCOCCOC)C1C(=O)OC.C=CCCC(=O)OC(C)(C)C.COCCOCCOCCOCCOCCOCCOCCOCCOCCOCCOCCOCCOC(=O)C1C(C(=O)OC)[C@H]2C=C[C@@H]1C2. The van der Waals surface area contributed by atoms with Crippen molar-refractivity contribution >= 4 is 35.9 Å². The standard InChI is InChI=1S/C43H77NO18.C35H62O16.C9H16O2/c1-7-36-35-37(9-8-10-44-42(47)62-43(2,3)4)39(38(36)40(45)49-6)41(46)61-34-33-60-32-31-59-30-29-58-28-27-57-26-25-56-24-23-55-22-21-54-20-19-53-18-17-52-16-15-51-14-13-50-12-11-48-5;1-38-5-6-40-7-8-41-9-10-42-11-12-43-13-14-44-15-16-45-17-18-46-19-20-47-21-22-48-23-24-49-25-26-50-27-28-51-35(37)33-31-4-3-30(29-31)32(33)34(36)39-2;1-5-6-7-8(10)11-9(2,3)4/h7-9,36-39H,1,10-35H2,2-6H3,(H,44,47);3-4,30-33H,5-29H2,1-2H3;5H,1,6-7H2,2-4H3/b9-8+;;/t;30-,31+,32?,33?;/m.0./s1. The Morgan fingerprint density at radius 3 is 0.806 bits per heavy atom. The molecule has 2 saturated carbocycles. The van der Waals surface area contributed by atoms with E-state index in [2.05, 4.69) is 18.5 Å². The summed E-state index contributed by atoms with van der Waals surface area (Å²) in [5, 5.41) is 2.65. The highest BCUT2D eigenvalue weighted by molar-refractivity contribution is 5.85. The van der Waals surface area contributed by atoms with Crippen LogP contribution in [0.3, 0.4) is 0 Å². The van der Waals surface area contributed by atoms with Gasteiger partial charge in [0.15, 0.2) is 0 Å². The quantitative estimate of drug-likeness (QED) is 0.0319. The fraction of sp³-hybridized carbons (Fsp3) is 0.839. The first-order chi connectivity index (χ1) is 60.3. The van der Waals surface area contributed by atoms with E-state index in [-0.39, 0.29) is 80.2 Å². The van der Waals surface area contributed by atoms with Gasteiger partial charge in [0.2, 0.25) is 0 Å². The number of esters is 5. The van der Waals surface area contributed by atoms with Gasteiger partial charge in [0.25, 0.3) is 0 Å². The summed E-state index contributed by atoms with van der Waals surface area (Å²) < 4.78 is 161. The van der Waals surface area contributed by atoms with Crippen molar-refractivity contribution in [3.63, 3.8) is 0 Å². The van der Waals surface area contributed by atoms with Crippen LogP contribution in [-0.2, 0) is 166 Å². The number of allylic oxidation sites excluding steroid dienone is 5. The number of nitrogens with one attached hydrogen (secondary N) is 1. The molecule has 0 aromatic rings. The van der Waals surface area contributed by atoms with E-state index in [9.17, 15) is 28.8 Å². The van der Waals surface area contributed by atoms with Gasteiger partial charge in [-0.25, -0.2) is 4.79 Å². The van der Waals surface area contributed by atoms with E-state index < -0.39 is 47.3 Å². The summed E-state index contributed by atoms with van der Waals surface area (Å²) in [4.78, 5) is 73.5. The van der Waals surface area contributed by atoms with E-state index in [1.165, 1.54) is 14.2 Å². The first-order valence-corrected chi connectivity index (χ1v) is 43.2. The highest BCUT2D eigenvalue weighted by Gasteiger charge is 2.53. The van der Waals surface area contributed by atoms with Crippen LogP contribution in [0.25, 0.3) is 0 Å². The Labute approximate surface area is 736 Å². The maximum absolute atomic E-state index is 13.2. The Hall–Kier alpha value is -5.38. The molecular formula is C87H155NO36. The number of carbonyl (C=O) groups is 6. The lowest BCUT2D eigenvalue weighted by molar-refractivity contribution is -0.160. The summed E-state index contributed by atoms with van der Waals surface area (Å²) >= 11 is 0. The van der Waals surface area contributed by atoms with E-state index in [0.717, 1.165) is 6.42 Å². The Balaban J connectivity index is 0.00000112. The van der Waals surface area contributed by atoms with Crippen molar-refractivity contribution in [1.29, 1.82) is 0 Å². The first-order valence-electron chi connectivity index (χ1n) is 43.2. The largest absolute Gasteiger partial charge is 0.469 e. The third-order valence-corrected chi connectivity index (χ3v) is 17.5. The molecule has 0 saturated heterocycles. The topological polar surface area (TPSA) is 391 Å². The Morgan fingerprint density at radius 2 is 0.556 bits per heavy atom. The summed E-state index contributed by atoms with van der Waals surface area (Å²) in [6, 6.07) is 0. The van der Waals surface area contributed by atoms with Gasteiger partial charge < -0.3 is 147 Å². The van der Waals surface area contributed by atoms with E-state index in [1.807, 2.05) is 39.0 Å². The monoisotopic (exact) mass is 1790 g/mol. The van der Waals surface area contributed by atoms with Gasteiger partial charge >= 0.3 is 35.9 Å². The zero-order valence-electron chi connectivity index (χ0n) is 76.2. The molecule has 124 heavy (non-hydrogen) atoms. The molecule has 0 aromatic heterocycles. The molecule has 724 valence electrons. The van der Waals surface area contributed by atoms with Gasteiger partial charge in [-0.3, -0.25) is 24.0 Å². The van der Waals surface area contributed by atoms with Crippen LogP contribution < -0.4 is 5.32 Å². The molecule has 2 fully saturated rings. The molecule has 0 aromatic carbocycles. The lowest BCUT2D eigenvalue weighted by Crippen LogP contribution is -2.35. The van der Waals surface area contributed by atoms with Crippen LogP contribution in [0.4, 0.5) is 4.79 Å². The molecule has 2 bridgehead atoms. The molecule has 6 unspecified atom stereocenters. The molecular weight excluding hydrogens is 1630 g/mol. The van der Waals surface area contributed by atoms with Crippen LogP contribution >= 0.6 is 0 Å². The Bertz CT molecular complexity index is 2620. The van der Waals surface area contributed by atoms with Gasteiger partial charge in [0, 0.05) is 27.2 Å². The zero-order chi connectivity index (χ0) is 90.7. The Morgan fingerprint density at radius 1 is 0.315 bits per heavy atom. The van der Waals surface area contributed by atoms with Gasteiger partial charge in [-0.1, -0.05) is 36.5 Å². The second-order valence-electron chi connectivity index (χ2n) is 29.4. The van der Waals surface area contributed by atoms with E-state index in [1.54, 1.807) is 53.2 Å². The van der Waals surface area contributed by atoms with Crippen LogP contribution in [0.15, 0.2) is 49.6 Å². The number of alkyl carbamates (subject to hydrolysis) is 1. The Kier molecular flexibility index (Phi) is 78.3. The van der Waals surface area contributed by atoms with E-state index >= 15 is 0 Å². The molecule has 0 aliphatic heterocycles. The fourth-order valence-corrected chi connectivity index (χ4v) is 11.8. The third-order valence-electron chi connectivity index (χ3n) is 17.5. The van der Waals surface area contributed by atoms with Crippen molar-refractivity contribution < 1.29 is 171 Å². The number of amides is 1. The second-order valence-corrected chi connectivity index (χ2v) is 29.4. The lowest BCUT2D eigenvalue weighted by atomic mass is 9.83. The molecule has 3 rings (SSSR count). The minimum atomic E-state index is -0.774. The molecule has 37 nitrogen and oxygen atoms in total. The van der Waals surface area contributed by atoms with Crippen molar-refractivity contribution in [2.24, 2.45) is 47.3 Å². The number of rotatable bonds is 83. The van der Waals surface area contributed by atoms with Gasteiger partial charge in [0.1, 0.15) is 24.4 Å². The minimum absolute atomic E-state index is 0.0116. The maximum Gasteiger partial charge on any atom is 0.407 e. The summed E-state index contributed by atoms with van der Waals surface area (Å²) in [6.45, 7) is 40.2. The molecule has 0 heterocycles. The number of ether oxygens (including phenoxy) is 30. The molecule has 37 heteroatoms. The molecule has 0 spiro atoms. The summed E-state index contributed by atoms with van der Waals surface area (Å²) in [5.74, 6) is -4.86. The molecule has 1 amide bonds. The summed E-state index contributed by atoms with van der Waals surface area (Å²) in [7, 11) is 5.91. The third kappa shape index (κ3) is 68.7. The predicted molar refractivity (Wildman–Crippen MR) is 453 cm³/mol. The smallest absolute Gasteiger partial charge is 0.407 e. The van der Waals surface area contributed by atoms with Gasteiger partial charge in [-0.05, 0) is 84.5 Å². The van der Waals surface area contributed by atoms with Crippen LogP contribution in [-0.4, -0.2) is 399 Å². The van der Waals surface area contributed by atoms with Gasteiger partial charge in [-0.2, -0.15) is 0 Å². The minimum Gasteiger partial charge on any atom is -0.469 e. The molecule has 3 aliphatic carbocycles. The van der Waals surface area contributed by atoms with Crippen molar-refractivity contribution in [3.8, 4) is 0 Å². The highest BCUT2D eigenvalue weighted by atomic mass is 16.6. The zero-order valence-corrected chi connectivity index (χ0v) is 76.2. The predicted octanol–water partition coefficient (Wildman–Crippen LogP) is 5.93. The highest BCUT2D eigenvalue weighted by Crippen LogP contribution is 2.49. The van der Waals surface area contributed by atoms with Crippen molar-refractivity contribution in [2.45, 2.75) is 78.4 Å². The number of carbonyl (C=O) groups excluding carboxylic acids is 6. The number of methoxy groups -OCH3 is 4. The van der Waals surface area contributed by atoms with Gasteiger partial charge in [-0.15, -0.1) is 13.2 Å². The first kappa shape index (κ1) is 117.